The Morgan fingerprint density at radius 3 is 2.72 bits per heavy atom. The molecule has 2 heterocycles. The van der Waals surface area contributed by atoms with Crippen molar-refractivity contribution in [2.45, 2.75) is 6.42 Å². The third-order valence-electron chi connectivity index (χ3n) is 3.01. The molecule has 6 nitrogen and oxygen atoms in total. The Morgan fingerprint density at radius 2 is 2.06 bits per heavy atom. The van der Waals surface area contributed by atoms with Crippen molar-refractivity contribution < 1.29 is 14.7 Å². The van der Waals surface area contributed by atoms with Crippen LogP contribution in [0.4, 0.5) is 5.82 Å². The van der Waals surface area contributed by atoms with Gasteiger partial charge in [0, 0.05) is 19.6 Å². The molecule has 0 radical (unpaired) electrons. The van der Waals surface area contributed by atoms with Crippen LogP contribution < -0.4 is 9.55 Å². The molecule has 2 N–H and O–H groups in total. The lowest BCUT2D eigenvalue weighted by molar-refractivity contribution is 0.287. The summed E-state index contributed by atoms with van der Waals surface area (Å²) in [6.07, 6.45) is 2.62. The van der Waals surface area contributed by atoms with E-state index >= 15 is 0 Å². The number of pyridine rings is 1. The van der Waals surface area contributed by atoms with E-state index in [0.717, 1.165) is 38.4 Å². The summed E-state index contributed by atoms with van der Waals surface area (Å²) in [6, 6.07) is 3.53. The lowest BCUT2D eigenvalue weighted by Crippen LogP contribution is -2.29. The fourth-order valence-corrected chi connectivity index (χ4v) is 2.03. The van der Waals surface area contributed by atoms with Crippen LogP contribution in [0.25, 0.3) is 0 Å². The van der Waals surface area contributed by atoms with E-state index in [9.17, 15) is 0 Å². The molecule has 0 amide bonds. The molecule has 98 valence electrons. The zero-order chi connectivity index (χ0) is 13.0. The Kier molecular flexibility index (Phi) is 4.40. The van der Waals surface area contributed by atoms with Crippen molar-refractivity contribution in [1.82, 2.24) is 9.88 Å². The predicted octanol–water partition coefficient (Wildman–Crippen LogP) is -0.428. The highest BCUT2D eigenvalue weighted by molar-refractivity contribution is 6.33. The van der Waals surface area contributed by atoms with Gasteiger partial charge in [-0.2, -0.15) is 0 Å². The molecule has 0 saturated carbocycles. The number of nitrogens with zero attached hydrogens (tertiary/aromatic N) is 3. The van der Waals surface area contributed by atoms with Crippen molar-refractivity contribution in [1.29, 1.82) is 0 Å². The van der Waals surface area contributed by atoms with Gasteiger partial charge in [-0.05, 0) is 32.1 Å². The van der Waals surface area contributed by atoms with Gasteiger partial charge in [-0.25, -0.2) is 4.98 Å². The molecular formula is C11H18BN3O3. The summed E-state index contributed by atoms with van der Waals surface area (Å²) in [5, 5.41) is 17.4. The number of anilines is 1. The molecule has 1 fully saturated rings. The Labute approximate surface area is 107 Å². The lowest BCUT2D eigenvalue weighted by atomic mass is 10.2. The first-order valence-electron chi connectivity index (χ1n) is 6.07. The Bertz CT molecular complexity index is 374. The van der Waals surface area contributed by atoms with Crippen molar-refractivity contribution in [3.63, 3.8) is 0 Å². The van der Waals surface area contributed by atoms with Gasteiger partial charge in [0.05, 0.1) is 6.20 Å². The summed E-state index contributed by atoms with van der Waals surface area (Å²) in [6.45, 7) is 4.07. The van der Waals surface area contributed by atoms with Crippen molar-refractivity contribution >= 4 is 13.1 Å². The van der Waals surface area contributed by atoms with Crippen LogP contribution in [0.2, 0.25) is 0 Å². The van der Waals surface area contributed by atoms with E-state index in [-0.39, 0.29) is 0 Å². The van der Waals surface area contributed by atoms with E-state index < -0.39 is 7.32 Å². The molecule has 0 spiro atoms. The van der Waals surface area contributed by atoms with Gasteiger partial charge in [-0.1, -0.05) is 0 Å². The quantitative estimate of drug-likeness (QED) is 0.710. The maximum Gasteiger partial charge on any atom is 0.707 e. The first kappa shape index (κ1) is 13.1. The molecule has 1 aromatic heterocycles. The van der Waals surface area contributed by atoms with Gasteiger partial charge in [-0.3, -0.25) is 0 Å². The van der Waals surface area contributed by atoms with E-state index in [1.807, 2.05) is 6.07 Å². The molecule has 0 aliphatic carbocycles. The number of hydrogen-bond donors (Lipinski definition) is 2. The SMILES string of the molecule is CN1CCCN(c2ccc(OB(O)O)cn2)CC1. The molecule has 7 heteroatoms. The number of likely N-dealkylation sites (N-methyl/N-ethyl adjacent to an activating group) is 1. The minimum atomic E-state index is -1.80. The Morgan fingerprint density at radius 1 is 1.22 bits per heavy atom. The standard InChI is InChI=1S/C11H18BN3O3/c1-14-5-2-6-15(8-7-14)11-4-3-10(9-13-11)18-12(16)17/h3-4,9,16-17H,2,5-8H2,1H3. The van der Waals surface area contributed by atoms with Crippen LogP contribution in [-0.2, 0) is 0 Å². The molecule has 1 saturated heterocycles. The second-order valence-electron chi connectivity index (χ2n) is 4.44. The second-order valence-corrected chi connectivity index (χ2v) is 4.44. The predicted molar refractivity (Wildman–Crippen MR) is 69.4 cm³/mol. The van der Waals surface area contributed by atoms with Crippen LogP contribution in [0.1, 0.15) is 6.42 Å². The highest BCUT2D eigenvalue weighted by Crippen LogP contribution is 2.17. The zero-order valence-electron chi connectivity index (χ0n) is 10.5. The van der Waals surface area contributed by atoms with Crippen LogP contribution >= 0.6 is 0 Å². The molecule has 0 aromatic carbocycles. The number of aromatic nitrogens is 1. The van der Waals surface area contributed by atoms with Crippen molar-refractivity contribution in [2.75, 3.05) is 38.1 Å². The smallest absolute Gasteiger partial charge is 0.511 e. The van der Waals surface area contributed by atoms with Gasteiger partial charge in [0.25, 0.3) is 0 Å². The van der Waals surface area contributed by atoms with Crippen LogP contribution in [0.3, 0.4) is 0 Å². The van der Waals surface area contributed by atoms with Crippen molar-refractivity contribution in [3.05, 3.63) is 18.3 Å². The average molecular weight is 251 g/mol. The molecule has 0 atom stereocenters. The van der Waals surface area contributed by atoms with E-state index in [2.05, 4.69) is 21.8 Å². The molecule has 1 aromatic rings. The van der Waals surface area contributed by atoms with E-state index in [0.29, 0.717) is 5.75 Å². The number of rotatable bonds is 3. The maximum absolute atomic E-state index is 8.68. The average Bonchev–Trinajstić information content (AvgIpc) is 2.54. The van der Waals surface area contributed by atoms with Crippen molar-refractivity contribution in [3.8, 4) is 5.75 Å². The largest absolute Gasteiger partial charge is 0.707 e. The summed E-state index contributed by atoms with van der Waals surface area (Å²) in [5.74, 6) is 1.24. The Balaban J connectivity index is 2.00. The molecular weight excluding hydrogens is 233 g/mol. The molecule has 2 rings (SSSR count). The maximum atomic E-state index is 8.68. The zero-order valence-corrected chi connectivity index (χ0v) is 10.5. The van der Waals surface area contributed by atoms with E-state index in [1.165, 1.54) is 6.20 Å². The summed E-state index contributed by atoms with van der Waals surface area (Å²) >= 11 is 0. The van der Waals surface area contributed by atoms with Crippen LogP contribution in [0.5, 0.6) is 5.75 Å². The first-order chi connectivity index (χ1) is 8.65. The van der Waals surface area contributed by atoms with E-state index in [1.54, 1.807) is 6.07 Å². The van der Waals surface area contributed by atoms with E-state index in [4.69, 9.17) is 14.7 Å². The number of hydrogen-bond acceptors (Lipinski definition) is 6. The summed E-state index contributed by atoms with van der Waals surface area (Å²) in [5.41, 5.74) is 0. The molecule has 1 aliphatic rings. The third-order valence-corrected chi connectivity index (χ3v) is 3.01. The minimum absolute atomic E-state index is 0.348. The van der Waals surface area contributed by atoms with Gasteiger partial charge in [0.15, 0.2) is 0 Å². The molecule has 18 heavy (non-hydrogen) atoms. The fourth-order valence-electron chi connectivity index (χ4n) is 2.03. The third kappa shape index (κ3) is 3.59. The lowest BCUT2D eigenvalue weighted by Gasteiger charge is -2.21. The second kappa shape index (κ2) is 6.04. The molecule has 0 unspecified atom stereocenters. The normalized spacial score (nSPS) is 17.4. The molecule has 0 bridgehead atoms. The monoisotopic (exact) mass is 251 g/mol. The minimum Gasteiger partial charge on any atom is -0.511 e. The van der Waals surface area contributed by atoms with Gasteiger partial charge in [0.2, 0.25) is 0 Å². The highest BCUT2D eigenvalue weighted by atomic mass is 16.6. The summed E-state index contributed by atoms with van der Waals surface area (Å²) in [7, 11) is 0.320. The summed E-state index contributed by atoms with van der Waals surface area (Å²) < 4.78 is 4.72. The molecule has 1 aliphatic heterocycles. The van der Waals surface area contributed by atoms with Crippen LogP contribution in [0, 0.1) is 0 Å². The topological polar surface area (TPSA) is 69.1 Å². The highest BCUT2D eigenvalue weighted by Gasteiger charge is 2.15. The van der Waals surface area contributed by atoms with Crippen molar-refractivity contribution in [2.24, 2.45) is 0 Å². The fraction of sp³-hybridized carbons (Fsp3) is 0.545. The first-order valence-corrected chi connectivity index (χ1v) is 6.07. The van der Waals surface area contributed by atoms with Crippen LogP contribution in [0.15, 0.2) is 18.3 Å². The Hall–Kier alpha value is -1.31. The van der Waals surface area contributed by atoms with Crippen LogP contribution in [-0.4, -0.2) is 60.5 Å². The van der Waals surface area contributed by atoms with Gasteiger partial charge in [0.1, 0.15) is 11.6 Å². The van der Waals surface area contributed by atoms with Gasteiger partial charge in [-0.15, -0.1) is 0 Å². The van der Waals surface area contributed by atoms with Gasteiger partial charge >= 0.3 is 7.32 Å². The van der Waals surface area contributed by atoms with Gasteiger partial charge < -0.3 is 24.5 Å². The summed E-state index contributed by atoms with van der Waals surface area (Å²) in [4.78, 5) is 8.81.